The van der Waals surface area contributed by atoms with E-state index in [-0.39, 0.29) is 0 Å². The zero-order valence-corrected chi connectivity index (χ0v) is 6.35. The molecule has 0 unspecified atom stereocenters. The highest BCUT2D eigenvalue weighted by Gasteiger charge is 2.04. The van der Waals surface area contributed by atoms with Gasteiger partial charge >= 0.3 is 0 Å². The Morgan fingerprint density at radius 3 is 3.10 bits per heavy atom. The van der Waals surface area contributed by atoms with E-state index in [9.17, 15) is 5.11 Å². The first-order chi connectivity index (χ1) is 4.79. The number of rotatable bonds is 0. The van der Waals surface area contributed by atoms with Crippen molar-refractivity contribution in [2.24, 2.45) is 7.05 Å². The van der Waals surface area contributed by atoms with Crippen LogP contribution in [0, 0.1) is 0 Å². The first kappa shape index (κ1) is 5.80. The van der Waals surface area contributed by atoms with Gasteiger partial charge in [0, 0.05) is 13.2 Å². The third-order valence-electron chi connectivity index (χ3n) is 1.57. The van der Waals surface area contributed by atoms with Gasteiger partial charge in [-0.05, 0) is 11.4 Å². The normalized spacial score (nSPS) is 10.9. The number of nitrogens with zero attached hydrogens (tertiary/aromatic N) is 1. The van der Waals surface area contributed by atoms with Gasteiger partial charge in [0.25, 0.3) is 0 Å². The van der Waals surface area contributed by atoms with Crippen molar-refractivity contribution in [2.75, 3.05) is 0 Å². The highest BCUT2D eigenvalue weighted by molar-refractivity contribution is 7.17. The summed E-state index contributed by atoms with van der Waals surface area (Å²) in [5, 5.41) is 11.2. The lowest BCUT2D eigenvalue weighted by Crippen LogP contribution is -1.79. The average Bonchev–Trinajstić information content (AvgIpc) is 2.39. The Hall–Kier alpha value is -0.960. The Labute approximate surface area is 62.3 Å². The molecule has 0 amide bonds. The summed E-state index contributed by atoms with van der Waals surface area (Å²) in [4.78, 5) is 0. The van der Waals surface area contributed by atoms with Crippen LogP contribution >= 0.6 is 11.3 Å². The quantitative estimate of drug-likeness (QED) is 0.614. The van der Waals surface area contributed by atoms with Crippen LogP contribution in [-0.4, -0.2) is 9.67 Å². The molecule has 2 nitrogen and oxygen atoms in total. The Bertz CT molecular complexity index is 329. The summed E-state index contributed by atoms with van der Waals surface area (Å²) in [6.45, 7) is 0. The number of fused-ring (bicyclic) bond motifs is 1. The van der Waals surface area contributed by atoms with Crippen molar-refractivity contribution in [2.45, 2.75) is 0 Å². The second-order valence-corrected chi connectivity index (χ2v) is 3.18. The zero-order chi connectivity index (χ0) is 7.14. The van der Waals surface area contributed by atoms with Gasteiger partial charge in [0.05, 0.1) is 10.2 Å². The Morgan fingerprint density at radius 2 is 2.40 bits per heavy atom. The third kappa shape index (κ3) is 0.580. The molecule has 0 bridgehead atoms. The van der Waals surface area contributed by atoms with Gasteiger partial charge in [0.15, 0.2) is 5.75 Å². The first-order valence-corrected chi connectivity index (χ1v) is 3.88. The molecular weight excluding hydrogens is 146 g/mol. The van der Waals surface area contributed by atoms with E-state index in [1.165, 1.54) is 0 Å². The minimum Gasteiger partial charge on any atom is -0.505 e. The van der Waals surface area contributed by atoms with Crippen molar-refractivity contribution in [3.05, 3.63) is 17.6 Å². The molecule has 2 heterocycles. The molecule has 0 aliphatic heterocycles. The van der Waals surface area contributed by atoms with Gasteiger partial charge < -0.3 is 9.67 Å². The Kier molecular flexibility index (Phi) is 1.02. The Balaban J connectivity index is 2.98. The van der Waals surface area contributed by atoms with Gasteiger partial charge in [0.1, 0.15) is 0 Å². The highest BCUT2D eigenvalue weighted by atomic mass is 32.1. The van der Waals surface area contributed by atoms with Crippen molar-refractivity contribution < 1.29 is 5.11 Å². The molecule has 52 valence electrons. The smallest absolute Gasteiger partial charge is 0.151 e. The van der Waals surface area contributed by atoms with Crippen LogP contribution in [-0.2, 0) is 7.05 Å². The maximum absolute atomic E-state index is 9.27. The molecule has 0 spiro atoms. The van der Waals surface area contributed by atoms with Crippen molar-refractivity contribution >= 4 is 21.6 Å². The molecule has 3 heteroatoms. The minimum atomic E-state index is 0.382. The van der Waals surface area contributed by atoms with Crippen LogP contribution in [0.5, 0.6) is 5.75 Å². The molecule has 0 radical (unpaired) electrons. The van der Waals surface area contributed by atoms with Crippen LogP contribution in [0.1, 0.15) is 0 Å². The van der Waals surface area contributed by atoms with Crippen LogP contribution in [0.3, 0.4) is 0 Å². The lowest BCUT2D eigenvalue weighted by atomic mass is 10.5. The van der Waals surface area contributed by atoms with E-state index in [4.69, 9.17) is 0 Å². The van der Waals surface area contributed by atoms with E-state index in [1.54, 1.807) is 17.5 Å². The highest BCUT2D eigenvalue weighted by Crippen LogP contribution is 2.30. The number of thiophene rings is 1. The molecule has 0 saturated heterocycles. The van der Waals surface area contributed by atoms with E-state index in [2.05, 4.69) is 0 Å². The van der Waals surface area contributed by atoms with Crippen molar-refractivity contribution in [1.29, 1.82) is 0 Å². The summed E-state index contributed by atoms with van der Waals surface area (Å²) in [7, 11) is 1.93. The summed E-state index contributed by atoms with van der Waals surface area (Å²) < 4.78 is 2.89. The van der Waals surface area contributed by atoms with Crippen molar-refractivity contribution in [3.8, 4) is 5.75 Å². The van der Waals surface area contributed by atoms with Crippen molar-refractivity contribution in [3.63, 3.8) is 0 Å². The number of hydrogen-bond donors (Lipinski definition) is 1. The molecule has 0 aliphatic rings. The van der Waals surface area contributed by atoms with Crippen LogP contribution in [0.25, 0.3) is 10.2 Å². The minimum absolute atomic E-state index is 0.382. The second-order valence-electron chi connectivity index (χ2n) is 2.26. The van der Waals surface area contributed by atoms with Gasteiger partial charge in [0.2, 0.25) is 0 Å². The molecule has 0 aliphatic carbocycles. The van der Waals surface area contributed by atoms with Crippen LogP contribution in [0.15, 0.2) is 17.6 Å². The lowest BCUT2D eigenvalue weighted by molar-refractivity contribution is 0.480. The predicted molar refractivity (Wildman–Crippen MR) is 42.5 cm³/mol. The predicted octanol–water partition coefficient (Wildman–Crippen LogP) is 1.95. The SMILES string of the molecule is Cn1cc(O)c2sccc21. The molecule has 0 fully saturated rings. The molecule has 2 rings (SSSR count). The van der Waals surface area contributed by atoms with E-state index in [0.29, 0.717) is 5.75 Å². The molecule has 0 atom stereocenters. The van der Waals surface area contributed by atoms with E-state index in [1.807, 2.05) is 23.1 Å². The van der Waals surface area contributed by atoms with E-state index >= 15 is 0 Å². The molecule has 10 heavy (non-hydrogen) atoms. The summed E-state index contributed by atoms with van der Waals surface area (Å²) in [5.74, 6) is 0.382. The molecule has 0 aromatic carbocycles. The maximum Gasteiger partial charge on any atom is 0.151 e. The van der Waals surface area contributed by atoms with Gasteiger partial charge in [-0.15, -0.1) is 11.3 Å². The van der Waals surface area contributed by atoms with E-state index < -0.39 is 0 Å². The van der Waals surface area contributed by atoms with Crippen LogP contribution in [0.4, 0.5) is 0 Å². The second kappa shape index (κ2) is 1.76. The fourth-order valence-corrected chi connectivity index (χ4v) is 1.92. The zero-order valence-electron chi connectivity index (χ0n) is 5.53. The Morgan fingerprint density at radius 1 is 1.60 bits per heavy atom. The fourth-order valence-electron chi connectivity index (χ4n) is 1.08. The topological polar surface area (TPSA) is 25.2 Å². The van der Waals surface area contributed by atoms with Gasteiger partial charge in [-0.25, -0.2) is 0 Å². The van der Waals surface area contributed by atoms with Gasteiger partial charge in [-0.2, -0.15) is 0 Å². The van der Waals surface area contributed by atoms with Gasteiger partial charge in [-0.1, -0.05) is 0 Å². The largest absolute Gasteiger partial charge is 0.505 e. The standard InChI is InChI=1S/C7H7NOS/c1-8-4-6(9)7-5(8)2-3-10-7/h2-4,9H,1H3. The summed E-state index contributed by atoms with van der Waals surface area (Å²) in [5.41, 5.74) is 1.10. The molecule has 2 aromatic rings. The number of aromatic hydroxyl groups is 1. The number of hydrogen-bond acceptors (Lipinski definition) is 2. The molecule has 2 aromatic heterocycles. The monoisotopic (exact) mass is 153 g/mol. The number of aromatic nitrogens is 1. The molecule has 1 N–H and O–H groups in total. The molecular formula is C7H7NOS. The maximum atomic E-state index is 9.27. The van der Waals surface area contributed by atoms with E-state index in [0.717, 1.165) is 10.2 Å². The number of aryl methyl sites for hydroxylation is 1. The third-order valence-corrected chi connectivity index (χ3v) is 2.50. The summed E-state index contributed by atoms with van der Waals surface area (Å²) in [6, 6.07) is 2.00. The average molecular weight is 153 g/mol. The lowest BCUT2D eigenvalue weighted by Gasteiger charge is -1.85. The van der Waals surface area contributed by atoms with Crippen LogP contribution < -0.4 is 0 Å². The van der Waals surface area contributed by atoms with Gasteiger partial charge in [-0.3, -0.25) is 0 Å². The molecule has 0 saturated carbocycles. The van der Waals surface area contributed by atoms with Crippen molar-refractivity contribution in [1.82, 2.24) is 4.57 Å². The fraction of sp³-hybridized carbons (Fsp3) is 0.143. The summed E-state index contributed by atoms with van der Waals surface area (Å²) >= 11 is 1.56. The summed E-state index contributed by atoms with van der Waals surface area (Å²) in [6.07, 6.45) is 1.72. The van der Waals surface area contributed by atoms with Crippen LogP contribution in [0.2, 0.25) is 0 Å². The first-order valence-electron chi connectivity index (χ1n) is 3.00.